The van der Waals surface area contributed by atoms with Gasteiger partial charge in [0.05, 0.1) is 17.2 Å². The fourth-order valence-electron chi connectivity index (χ4n) is 1.27. The second-order valence-corrected chi connectivity index (χ2v) is 7.04. The normalized spacial score (nSPS) is 11.1. The Hall–Kier alpha value is -0.0500. The number of nitriles is 1. The van der Waals surface area contributed by atoms with Gasteiger partial charge in [-0.1, -0.05) is 15.9 Å². The van der Waals surface area contributed by atoms with E-state index in [-0.39, 0.29) is 5.41 Å². The summed E-state index contributed by atoms with van der Waals surface area (Å²) in [6, 6.07) is 6.27. The molecule has 92 valence electrons. The van der Waals surface area contributed by atoms with Crippen LogP contribution < -0.4 is 5.32 Å². The minimum atomic E-state index is -0.290. The summed E-state index contributed by atoms with van der Waals surface area (Å²) in [5.41, 5.74) is 0.725. The van der Waals surface area contributed by atoms with Crippen molar-refractivity contribution >= 4 is 53.5 Å². The van der Waals surface area contributed by atoms with E-state index in [9.17, 15) is 0 Å². The van der Waals surface area contributed by atoms with E-state index in [2.05, 4.69) is 59.2 Å². The lowest BCUT2D eigenvalue weighted by Crippen LogP contribution is -2.15. The zero-order chi connectivity index (χ0) is 13.1. The molecule has 1 aromatic rings. The van der Waals surface area contributed by atoms with Crippen LogP contribution in [0.25, 0.3) is 0 Å². The van der Waals surface area contributed by atoms with Gasteiger partial charge in [0, 0.05) is 20.0 Å². The molecule has 0 saturated heterocycles. The molecule has 0 radical (unpaired) electrons. The van der Waals surface area contributed by atoms with Crippen molar-refractivity contribution in [2.75, 3.05) is 11.9 Å². The maximum Gasteiger partial charge on any atom is 0.0684 e. The topological polar surface area (TPSA) is 35.8 Å². The number of rotatable bonds is 4. The van der Waals surface area contributed by atoms with E-state index in [4.69, 9.17) is 5.26 Å². The monoisotopic (exact) mass is 422 g/mol. The van der Waals surface area contributed by atoms with E-state index in [1.807, 2.05) is 26.0 Å². The lowest BCUT2D eigenvalue weighted by molar-refractivity contribution is 0.466. The predicted molar refractivity (Wildman–Crippen MR) is 82.0 cm³/mol. The molecule has 5 heteroatoms. The third-order valence-electron chi connectivity index (χ3n) is 2.36. The molecule has 0 heterocycles. The van der Waals surface area contributed by atoms with Gasteiger partial charge in [0.25, 0.3) is 0 Å². The highest BCUT2D eigenvalue weighted by atomic mass is 79.9. The van der Waals surface area contributed by atoms with Gasteiger partial charge in [-0.15, -0.1) is 0 Å². The number of hydrogen-bond donors (Lipinski definition) is 1. The van der Waals surface area contributed by atoms with Gasteiger partial charge >= 0.3 is 0 Å². The number of hydrogen-bond acceptors (Lipinski definition) is 2. The molecule has 0 aliphatic heterocycles. The molecule has 0 fully saturated rings. The van der Waals surface area contributed by atoms with Gasteiger partial charge in [0.2, 0.25) is 0 Å². The van der Waals surface area contributed by atoms with Crippen LogP contribution >= 0.6 is 47.8 Å². The SMILES string of the molecule is CC(C)(C#N)CCNc1c(Br)cc(Br)cc1Br. The van der Waals surface area contributed by atoms with Gasteiger partial charge in [-0.3, -0.25) is 0 Å². The zero-order valence-corrected chi connectivity index (χ0v) is 14.4. The Morgan fingerprint density at radius 3 is 2.24 bits per heavy atom. The Morgan fingerprint density at radius 2 is 1.76 bits per heavy atom. The average molecular weight is 425 g/mol. The summed E-state index contributed by atoms with van der Waals surface area (Å²) < 4.78 is 3.00. The van der Waals surface area contributed by atoms with E-state index in [1.54, 1.807) is 0 Å². The van der Waals surface area contributed by atoms with Gasteiger partial charge in [0.1, 0.15) is 0 Å². The summed E-state index contributed by atoms with van der Waals surface area (Å²) in [6.45, 7) is 4.65. The molecular formula is C12H13Br3N2. The molecule has 0 saturated carbocycles. The van der Waals surface area contributed by atoms with Gasteiger partial charge in [-0.25, -0.2) is 0 Å². The molecule has 0 atom stereocenters. The maximum absolute atomic E-state index is 8.93. The number of nitrogens with one attached hydrogen (secondary N) is 1. The first-order valence-electron chi connectivity index (χ1n) is 5.15. The van der Waals surface area contributed by atoms with Crippen molar-refractivity contribution in [3.05, 3.63) is 25.6 Å². The number of nitrogens with zero attached hydrogens (tertiary/aromatic N) is 1. The Balaban J connectivity index is 2.68. The maximum atomic E-state index is 8.93. The first-order valence-corrected chi connectivity index (χ1v) is 7.53. The highest BCUT2D eigenvalue weighted by molar-refractivity contribution is 9.11. The molecule has 2 nitrogen and oxygen atoms in total. The van der Waals surface area contributed by atoms with Crippen molar-refractivity contribution in [1.82, 2.24) is 0 Å². The van der Waals surface area contributed by atoms with Crippen LogP contribution in [0.1, 0.15) is 20.3 Å². The number of halogens is 3. The van der Waals surface area contributed by atoms with Crippen LogP contribution in [0.4, 0.5) is 5.69 Å². The summed E-state index contributed by atoms with van der Waals surface area (Å²) in [5, 5.41) is 12.3. The highest BCUT2D eigenvalue weighted by Gasteiger charge is 2.16. The van der Waals surface area contributed by atoms with Crippen molar-refractivity contribution < 1.29 is 0 Å². The molecule has 1 N–H and O–H groups in total. The fourth-order valence-corrected chi connectivity index (χ4v) is 3.81. The first kappa shape index (κ1) is 15.0. The summed E-state index contributed by atoms with van der Waals surface area (Å²) in [5.74, 6) is 0. The van der Waals surface area contributed by atoms with Crippen LogP contribution in [0.3, 0.4) is 0 Å². The molecule has 0 aliphatic rings. The smallest absolute Gasteiger partial charge is 0.0684 e. The molecular weight excluding hydrogens is 412 g/mol. The molecule has 0 aliphatic carbocycles. The molecule has 0 bridgehead atoms. The van der Waals surface area contributed by atoms with Crippen LogP contribution in [0.5, 0.6) is 0 Å². The molecule has 17 heavy (non-hydrogen) atoms. The molecule has 0 amide bonds. The van der Waals surface area contributed by atoms with Crippen molar-refractivity contribution in [1.29, 1.82) is 5.26 Å². The minimum Gasteiger partial charge on any atom is -0.383 e. The summed E-state index contributed by atoms with van der Waals surface area (Å²) in [7, 11) is 0. The van der Waals surface area contributed by atoms with Crippen LogP contribution in [0.2, 0.25) is 0 Å². The number of anilines is 1. The van der Waals surface area contributed by atoms with E-state index >= 15 is 0 Å². The van der Waals surface area contributed by atoms with Crippen molar-refractivity contribution in [2.45, 2.75) is 20.3 Å². The lowest BCUT2D eigenvalue weighted by atomic mass is 9.91. The Bertz CT molecular complexity index is 427. The summed E-state index contributed by atoms with van der Waals surface area (Å²) in [6.07, 6.45) is 0.804. The largest absolute Gasteiger partial charge is 0.383 e. The Morgan fingerprint density at radius 1 is 1.24 bits per heavy atom. The van der Waals surface area contributed by atoms with Crippen LogP contribution in [-0.4, -0.2) is 6.54 Å². The molecule has 1 aromatic carbocycles. The van der Waals surface area contributed by atoms with Crippen molar-refractivity contribution in [2.24, 2.45) is 5.41 Å². The van der Waals surface area contributed by atoms with Crippen LogP contribution in [0, 0.1) is 16.7 Å². The molecule has 0 unspecified atom stereocenters. The van der Waals surface area contributed by atoms with Gasteiger partial charge in [0.15, 0.2) is 0 Å². The van der Waals surface area contributed by atoms with Gasteiger partial charge in [-0.05, 0) is 64.3 Å². The highest BCUT2D eigenvalue weighted by Crippen LogP contribution is 2.34. The third-order valence-corrected chi connectivity index (χ3v) is 4.07. The summed E-state index contributed by atoms with van der Waals surface area (Å²) >= 11 is 10.4. The van der Waals surface area contributed by atoms with E-state index in [0.717, 1.165) is 32.1 Å². The third kappa shape index (κ3) is 4.61. The predicted octanol–water partition coefficient (Wildman–Crippen LogP) is 5.33. The summed E-state index contributed by atoms with van der Waals surface area (Å²) in [4.78, 5) is 0. The molecule has 0 aromatic heterocycles. The van der Waals surface area contributed by atoms with Gasteiger partial charge in [-0.2, -0.15) is 5.26 Å². The Labute approximate surface area is 127 Å². The first-order chi connectivity index (χ1) is 7.85. The zero-order valence-electron chi connectivity index (χ0n) is 9.65. The molecule has 1 rings (SSSR count). The van der Waals surface area contributed by atoms with E-state index in [0.29, 0.717) is 0 Å². The molecule has 0 spiro atoms. The van der Waals surface area contributed by atoms with E-state index < -0.39 is 0 Å². The average Bonchev–Trinajstić information content (AvgIpc) is 2.22. The van der Waals surface area contributed by atoms with E-state index in [1.165, 1.54) is 0 Å². The second-order valence-electron chi connectivity index (χ2n) is 4.42. The van der Waals surface area contributed by atoms with Gasteiger partial charge < -0.3 is 5.32 Å². The van der Waals surface area contributed by atoms with Crippen LogP contribution in [-0.2, 0) is 0 Å². The van der Waals surface area contributed by atoms with Crippen LogP contribution in [0.15, 0.2) is 25.6 Å². The van der Waals surface area contributed by atoms with Crippen molar-refractivity contribution in [3.8, 4) is 6.07 Å². The standard InChI is InChI=1S/C12H13Br3N2/c1-12(2,7-16)3-4-17-11-9(14)5-8(13)6-10(11)15/h5-6,17H,3-4H2,1-2H3. The minimum absolute atomic E-state index is 0.290. The Kier molecular flexibility index (Phi) is 5.49. The quantitative estimate of drug-likeness (QED) is 0.709. The second kappa shape index (κ2) is 6.21. The lowest BCUT2D eigenvalue weighted by Gasteiger charge is -2.17. The number of benzene rings is 1. The fraction of sp³-hybridized carbons (Fsp3) is 0.417. The van der Waals surface area contributed by atoms with Crippen molar-refractivity contribution in [3.63, 3.8) is 0 Å².